The molecule has 5 nitrogen and oxygen atoms in total. The van der Waals surface area contributed by atoms with Crippen molar-refractivity contribution in [2.45, 2.75) is 19.0 Å². The third kappa shape index (κ3) is 9.40. The van der Waals surface area contributed by atoms with Crippen molar-refractivity contribution in [3.63, 3.8) is 0 Å². The molecule has 1 rings (SSSR count). The predicted octanol–water partition coefficient (Wildman–Crippen LogP) is 2.79. The van der Waals surface area contributed by atoms with Crippen LogP contribution in [-0.4, -0.2) is 44.3 Å². The minimum absolute atomic E-state index is 0.0118. The first-order valence-corrected chi connectivity index (χ1v) is 8.13. The van der Waals surface area contributed by atoms with Crippen molar-refractivity contribution in [2.24, 2.45) is 0 Å². The normalized spacial score (nSPS) is 11.2. The van der Waals surface area contributed by atoms with Gasteiger partial charge >= 0.3 is 6.18 Å². The van der Waals surface area contributed by atoms with Crippen LogP contribution in [0.25, 0.3) is 0 Å². The third-order valence-corrected chi connectivity index (χ3v) is 3.56. The highest BCUT2D eigenvalue weighted by atomic mass is 79.9. The van der Waals surface area contributed by atoms with E-state index < -0.39 is 24.5 Å². The summed E-state index contributed by atoms with van der Waals surface area (Å²) in [6, 6.07) is 3.67. The highest BCUT2D eigenvalue weighted by Gasteiger charge is 2.27. The Labute approximate surface area is 150 Å². The molecule has 0 heterocycles. The number of carbonyl (C=O) groups is 2. The molecule has 1 aromatic carbocycles. The molecule has 10 heteroatoms. The maximum absolute atomic E-state index is 13.1. The van der Waals surface area contributed by atoms with Crippen LogP contribution in [0.2, 0.25) is 0 Å². The lowest BCUT2D eigenvalue weighted by molar-refractivity contribution is -0.174. The second kappa shape index (κ2) is 10.3. The van der Waals surface area contributed by atoms with Gasteiger partial charge in [0.2, 0.25) is 5.91 Å². The van der Waals surface area contributed by atoms with E-state index in [4.69, 9.17) is 0 Å². The van der Waals surface area contributed by atoms with Gasteiger partial charge in [0.1, 0.15) is 12.4 Å². The maximum Gasteiger partial charge on any atom is 0.411 e. The fourth-order valence-electron chi connectivity index (χ4n) is 1.73. The summed E-state index contributed by atoms with van der Waals surface area (Å²) in [5, 5.41) is 4.97. The zero-order chi connectivity index (χ0) is 18.9. The summed E-state index contributed by atoms with van der Waals surface area (Å²) in [6.07, 6.45) is -4.13. The van der Waals surface area contributed by atoms with Crippen molar-refractivity contribution in [2.75, 3.05) is 26.3 Å². The summed E-state index contributed by atoms with van der Waals surface area (Å²) in [5.41, 5.74) is 0.113. The van der Waals surface area contributed by atoms with E-state index in [2.05, 4.69) is 31.3 Å². The first kappa shape index (κ1) is 21.4. The quantitative estimate of drug-likeness (QED) is 0.469. The fraction of sp³-hybridized carbons (Fsp3) is 0.467. The third-order valence-electron chi connectivity index (χ3n) is 2.86. The molecule has 0 spiro atoms. The molecule has 25 heavy (non-hydrogen) atoms. The molecule has 0 bridgehead atoms. The molecule has 0 aliphatic carbocycles. The average Bonchev–Trinajstić information content (AvgIpc) is 2.52. The van der Waals surface area contributed by atoms with E-state index in [0.29, 0.717) is 4.47 Å². The van der Waals surface area contributed by atoms with Gasteiger partial charge in [-0.15, -0.1) is 0 Å². The molecule has 0 aliphatic rings. The van der Waals surface area contributed by atoms with E-state index in [-0.39, 0.29) is 44.0 Å². The van der Waals surface area contributed by atoms with Crippen LogP contribution in [0.1, 0.15) is 23.2 Å². The summed E-state index contributed by atoms with van der Waals surface area (Å²) in [7, 11) is 0. The van der Waals surface area contributed by atoms with Gasteiger partial charge in [-0.1, -0.05) is 0 Å². The van der Waals surface area contributed by atoms with Gasteiger partial charge in [0.25, 0.3) is 5.91 Å². The van der Waals surface area contributed by atoms with Crippen molar-refractivity contribution in [1.82, 2.24) is 10.6 Å². The van der Waals surface area contributed by atoms with Crippen LogP contribution >= 0.6 is 15.9 Å². The number of hydrogen-bond donors (Lipinski definition) is 2. The number of nitrogens with one attached hydrogen (secondary N) is 2. The number of hydrogen-bond acceptors (Lipinski definition) is 3. The molecule has 0 saturated heterocycles. The van der Waals surface area contributed by atoms with Crippen molar-refractivity contribution >= 4 is 27.7 Å². The number of amides is 2. The Morgan fingerprint density at radius 3 is 2.56 bits per heavy atom. The molecule has 0 radical (unpaired) electrons. The second-order valence-electron chi connectivity index (χ2n) is 5.00. The summed E-state index contributed by atoms with van der Waals surface area (Å²) in [6.45, 7) is -1.23. The first-order chi connectivity index (χ1) is 11.7. The number of ether oxygens (including phenoxy) is 1. The van der Waals surface area contributed by atoms with Crippen LogP contribution in [0, 0.1) is 5.82 Å². The van der Waals surface area contributed by atoms with Gasteiger partial charge in [0.05, 0.1) is 5.56 Å². The predicted molar refractivity (Wildman–Crippen MR) is 85.6 cm³/mol. The lowest BCUT2D eigenvalue weighted by Gasteiger charge is -2.09. The SMILES string of the molecule is O=C(CCNC(=O)c1cc(F)ccc1Br)NCCCOCC(F)(F)F. The minimum atomic E-state index is -4.36. The Bertz CT molecular complexity index is 597. The standard InChI is InChI=1S/C15H17BrF4N2O3/c16-12-3-2-10(17)8-11(12)14(24)22-6-4-13(23)21-5-1-7-25-9-15(18,19)20/h2-3,8H,1,4-7,9H2,(H,21,23)(H,22,24). The number of benzene rings is 1. The van der Waals surface area contributed by atoms with E-state index in [9.17, 15) is 27.2 Å². The van der Waals surface area contributed by atoms with E-state index in [1.807, 2.05) is 0 Å². The Balaban J connectivity index is 2.16. The lowest BCUT2D eigenvalue weighted by atomic mass is 10.2. The first-order valence-electron chi connectivity index (χ1n) is 7.33. The molecule has 2 N–H and O–H groups in total. The van der Waals surface area contributed by atoms with Gasteiger partial charge < -0.3 is 15.4 Å². The minimum Gasteiger partial charge on any atom is -0.372 e. The van der Waals surface area contributed by atoms with E-state index in [0.717, 1.165) is 6.07 Å². The molecule has 0 fully saturated rings. The Morgan fingerprint density at radius 2 is 1.88 bits per heavy atom. The van der Waals surface area contributed by atoms with Crippen molar-refractivity contribution in [3.05, 3.63) is 34.1 Å². The molecule has 0 aromatic heterocycles. The largest absolute Gasteiger partial charge is 0.411 e. The number of rotatable bonds is 9. The van der Waals surface area contributed by atoms with Crippen LogP contribution < -0.4 is 10.6 Å². The molecule has 0 aliphatic heterocycles. The van der Waals surface area contributed by atoms with Crippen molar-refractivity contribution in [1.29, 1.82) is 0 Å². The number of carbonyl (C=O) groups excluding carboxylic acids is 2. The van der Waals surface area contributed by atoms with Crippen LogP contribution in [0.5, 0.6) is 0 Å². The Morgan fingerprint density at radius 1 is 1.16 bits per heavy atom. The highest BCUT2D eigenvalue weighted by molar-refractivity contribution is 9.10. The molecule has 2 amide bonds. The topological polar surface area (TPSA) is 67.4 Å². The summed E-state index contributed by atoms with van der Waals surface area (Å²) >= 11 is 3.13. The van der Waals surface area contributed by atoms with Crippen LogP contribution in [0.3, 0.4) is 0 Å². The second-order valence-corrected chi connectivity index (χ2v) is 5.86. The van der Waals surface area contributed by atoms with Crippen molar-refractivity contribution in [3.8, 4) is 0 Å². The molecule has 140 valence electrons. The molecular weight excluding hydrogens is 412 g/mol. The molecular formula is C15H17BrF4N2O3. The molecule has 0 saturated carbocycles. The van der Waals surface area contributed by atoms with Gasteiger partial charge in [-0.3, -0.25) is 9.59 Å². The van der Waals surface area contributed by atoms with E-state index in [1.165, 1.54) is 12.1 Å². The Hall–Kier alpha value is -1.68. The zero-order valence-electron chi connectivity index (χ0n) is 13.1. The smallest absolute Gasteiger partial charge is 0.372 e. The van der Waals surface area contributed by atoms with Gasteiger partial charge in [0, 0.05) is 30.6 Å². The summed E-state index contributed by atoms with van der Waals surface area (Å²) in [5.74, 6) is -1.45. The van der Waals surface area contributed by atoms with Crippen LogP contribution in [0.4, 0.5) is 17.6 Å². The zero-order valence-corrected chi connectivity index (χ0v) is 14.7. The molecule has 0 atom stereocenters. The summed E-state index contributed by atoms with van der Waals surface area (Å²) < 4.78 is 53.4. The van der Waals surface area contributed by atoms with Gasteiger partial charge in [-0.25, -0.2) is 4.39 Å². The monoisotopic (exact) mass is 428 g/mol. The fourth-order valence-corrected chi connectivity index (χ4v) is 2.16. The van der Waals surface area contributed by atoms with E-state index in [1.54, 1.807) is 0 Å². The highest BCUT2D eigenvalue weighted by Crippen LogP contribution is 2.17. The van der Waals surface area contributed by atoms with Crippen LogP contribution in [-0.2, 0) is 9.53 Å². The average molecular weight is 429 g/mol. The summed E-state index contributed by atoms with van der Waals surface area (Å²) in [4.78, 5) is 23.4. The van der Waals surface area contributed by atoms with Gasteiger partial charge in [0.15, 0.2) is 0 Å². The van der Waals surface area contributed by atoms with Gasteiger partial charge in [-0.05, 0) is 40.5 Å². The van der Waals surface area contributed by atoms with E-state index >= 15 is 0 Å². The maximum atomic E-state index is 13.1. The molecule has 0 unspecified atom stereocenters. The molecule has 1 aromatic rings. The van der Waals surface area contributed by atoms with Crippen LogP contribution in [0.15, 0.2) is 22.7 Å². The van der Waals surface area contributed by atoms with Crippen molar-refractivity contribution < 1.29 is 31.9 Å². The van der Waals surface area contributed by atoms with Gasteiger partial charge in [-0.2, -0.15) is 13.2 Å². The lowest BCUT2D eigenvalue weighted by Crippen LogP contribution is -2.31. The Kier molecular flexibility index (Phi) is 8.84. The number of alkyl halides is 3. The number of halogens is 5.